The molecule has 0 aromatic heterocycles. The molecule has 0 spiro atoms. The summed E-state index contributed by atoms with van der Waals surface area (Å²) in [5.41, 5.74) is 1.45. The molecule has 0 radical (unpaired) electrons. The number of alkyl halides is 1. The molecule has 200 valence electrons. The predicted molar refractivity (Wildman–Crippen MR) is 161 cm³/mol. The Bertz CT molecular complexity index is 928. The highest BCUT2D eigenvalue weighted by molar-refractivity contribution is 8.93. The Morgan fingerprint density at radius 3 is 2.14 bits per heavy atom. The molecule has 36 heavy (non-hydrogen) atoms. The minimum absolute atomic E-state index is 0. The first-order valence-corrected chi connectivity index (χ1v) is 14.2. The van der Waals surface area contributed by atoms with Gasteiger partial charge in [-0.1, -0.05) is 116 Å². The van der Waals surface area contributed by atoms with Crippen molar-refractivity contribution >= 4 is 63.4 Å². The molecule has 3 rings (SSSR count). The van der Waals surface area contributed by atoms with Crippen LogP contribution in [0.2, 0.25) is 15.1 Å². The number of hydrogen-bond acceptors (Lipinski definition) is 3. The molecule has 0 fully saturated rings. The second-order valence-electron chi connectivity index (χ2n) is 9.13. The van der Waals surface area contributed by atoms with Crippen molar-refractivity contribution in [2.24, 2.45) is 0 Å². The molecule has 0 N–H and O–H groups in total. The van der Waals surface area contributed by atoms with E-state index in [1.165, 1.54) is 51.4 Å². The normalized spacial score (nSPS) is 14.7. The molecule has 0 aliphatic carbocycles. The van der Waals surface area contributed by atoms with Gasteiger partial charge in [0.1, 0.15) is 11.6 Å². The summed E-state index contributed by atoms with van der Waals surface area (Å²) in [7, 11) is 0. The maximum Gasteiger partial charge on any atom is 0.135 e. The van der Waals surface area contributed by atoms with Gasteiger partial charge in [0.2, 0.25) is 0 Å². The molecule has 3 nitrogen and oxygen atoms in total. The molecule has 8 heteroatoms. The highest BCUT2D eigenvalue weighted by atomic mass is 79.9. The summed E-state index contributed by atoms with van der Waals surface area (Å²) >= 11 is 25.5. The van der Waals surface area contributed by atoms with Crippen molar-refractivity contribution in [2.45, 2.75) is 76.5 Å². The molecule has 2 aromatic rings. The first-order valence-electron chi connectivity index (χ1n) is 12.6. The van der Waals surface area contributed by atoms with E-state index >= 15 is 0 Å². The summed E-state index contributed by atoms with van der Waals surface area (Å²) in [5, 5.41) is 1.86. The molecule has 1 aliphatic rings. The number of hydrogen-bond donors (Lipinski definition) is 0. The average Bonchev–Trinajstić information content (AvgIpc) is 3.32. The fourth-order valence-corrected chi connectivity index (χ4v) is 5.15. The predicted octanol–water partition coefficient (Wildman–Crippen LogP) is 10.2. The van der Waals surface area contributed by atoms with Crippen molar-refractivity contribution < 1.29 is 4.74 Å². The van der Waals surface area contributed by atoms with E-state index in [0.717, 1.165) is 24.3 Å². The Balaban J connectivity index is 0.00000456. The molecule has 0 saturated heterocycles. The van der Waals surface area contributed by atoms with E-state index in [9.17, 15) is 0 Å². The van der Waals surface area contributed by atoms with Crippen LogP contribution in [-0.2, 0) is 11.3 Å². The van der Waals surface area contributed by atoms with E-state index in [-0.39, 0.29) is 28.6 Å². The van der Waals surface area contributed by atoms with Gasteiger partial charge in [-0.3, -0.25) is 0 Å². The van der Waals surface area contributed by atoms with Crippen LogP contribution in [0.15, 0.2) is 54.9 Å². The van der Waals surface area contributed by atoms with Gasteiger partial charge in [-0.25, -0.2) is 0 Å². The summed E-state index contributed by atoms with van der Waals surface area (Å²) in [6.45, 7) is 4.38. The van der Waals surface area contributed by atoms with Crippen molar-refractivity contribution in [1.82, 2.24) is 9.80 Å². The topological polar surface area (TPSA) is 15.7 Å². The van der Waals surface area contributed by atoms with Crippen LogP contribution in [0.1, 0.15) is 75.5 Å². The second-order valence-corrected chi connectivity index (χ2v) is 10.9. The largest absolute Gasteiger partial charge is 0.365 e. The first kappa shape index (κ1) is 31.6. The minimum atomic E-state index is -0.387. The fourth-order valence-electron chi connectivity index (χ4n) is 4.22. The van der Waals surface area contributed by atoms with Crippen LogP contribution in [0.3, 0.4) is 0 Å². The van der Waals surface area contributed by atoms with Gasteiger partial charge in [0.15, 0.2) is 0 Å². The Morgan fingerprint density at radius 2 is 1.47 bits per heavy atom. The maximum absolute atomic E-state index is 7.00. The standard InChI is InChI=1S/C28H36Cl4N2O.BrH/c1-2-3-4-5-6-7-8-9-16-33-17-18-34(21-33)28(32)27(22-10-13-24(29)14-11-22)35-20-23-12-15-25(30)19-26(23)31;/h10-15,17-19,27-28H,2-9,16,20-21H2,1H3;1H. The molecule has 0 bridgehead atoms. The number of unbranched alkanes of at least 4 members (excludes halogenated alkanes) is 7. The van der Waals surface area contributed by atoms with E-state index in [4.69, 9.17) is 51.1 Å². The molecule has 0 saturated carbocycles. The van der Waals surface area contributed by atoms with Crippen LogP contribution in [0.25, 0.3) is 0 Å². The smallest absolute Gasteiger partial charge is 0.135 e. The number of nitrogens with zero attached hydrogens (tertiary/aromatic N) is 2. The van der Waals surface area contributed by atoms with Gasteiger partial charge in [-0.05, 0) is 41.8 Å². The maximum atomic E-state index is 7.00. The van der Waals surface area contributed by atoms with Gasteiger partial charge in [0.05, 0.1) is 13.3 Å². The number of benzene rings is 2. The quantitative estimate of drug-likeness (QED) is 0.110. The van der Waals surface area contributed by atoms with Crippen LogP contribution in [0, 0.1) is 0 Å². The Morgan fingerprint density at radius 1 is 0.833 bits per heavy atom. The third-order valence-electron chi connectivity index (χ3n) is 6.31. The Kier molecular flexibility index (Phi) is 15.0. The van der Waals surface area contributed by atoms with E-state index in [1.807, 2.05) is 36.4 Å². The lowest BCUT2D eigenvalue weighted by Crippen LogP contribution is -2.35. The summed E-state index contributed by atoms with van der Waals surface area (Å²) < 4.78 is 6.34. The van der Waals surface area contributed by atoms with Gasteiger partial charge in [0.25, 0.3) is 0 Å². The van der Waals surface area contributed by atoms with Crippen LogP contribution >= 0.6 is 63.4 Å². The highest BCUT2D eigenvalue weighted by Crippen LogP contribution is 2.33. The Hall–Kier alpha value is -0.620. The number of rotatable bonds is 15. The molecule has 2 atom stereocenters. The van der Waals surface area contributed by atoms with Gasteiger partial charge in [-0.15, -0.1) is 17.0 Å². The van der Waals surface area contributed by atoms with Crippen molar-refractivity contribution in [3.8, 4) is 0 Å². The lowest BCUT2D eigenvalue weighted by atomic mass is 10.1. The van der Waals surface area contributed by atoms with Crippen LogP contribution in [0.4, 0.5) is 0 Å². The summed E-state index contributed by atoms with van der Waals surface area (Å²) in [4.78, 5) is 4.44. The van der Waals surface area contributed by atoms with Gasteiger partial charge >= 0.3 is 0 Å². The lowest BCUT2D eigenvalue weighted by molar-refractivity contribution is 0.00680. The minimum Gasteiger partial charge on any atom is -0.365 e. The Labute approximate surface area is 247 Å². The van der Waals surface area contributed by atoms with Gasteiger partial charge < -0.3 is 14.5 Å². The van der Waals surface area contributed by atoms with Crippen molar-refractivity contribution in [3.05, 3.63) is 81.1 Å². The lowest BCUT2D eigenvalue weighted by Gasteiger charge is -2.31. The van der Waals surface area contributed by atoms with Gasteiger partial charge in [0, 0.05) is 34.0 Å². The van der Waals surface area contributed by atoms with Crippen LogP contribution in [-0.4, -0.2) is 28.5 Å². The molecule has 1 heterocycles. The number of halogens is 5. The van der Waals surface area contributed by atoms with Crippen molar-refractivity contribution in [2.75, 3.05) is 13.2 Å². The van der Waals surface area contributed by atoms with E-state index in [2.05, 4.69) is 29.1 Å². The highest BCUT2D eigenvalue weighted by Gasteiger charge is 2.29. The fraction of sp³-hybridized carbons (Fsp3) is 0.500. The van der Waals surface area contributed by atoms with Crippen molar-refractivity contribution in [1.29, 1.82) is 0 Å². The van der Waals surface area contributed by atoms with Crippen LogP contribution in [0.5, 0.6) is 0 Å². The summed E-state index contributed by atoms with van der Waals surface area (Å²) in [5.74, 6) is 0. The zero-order valence-electron chi connectivity index (χ0n) is 20.9. The van der Waals surface area contributed by atoms with E-state index in [1.54, 1.807) is 6.07 Å². The molecular weight excluding hydrogens is 602 g/mol. The van der Waals surface area contributed by atoms with Crippen LogP contribution < -0.4 is 0 Å². The monoisotopic (exact) mass is 636 g/mol. The molecule has 0 amide bonds. The molecule has 1 aliphatic heterocycles. The third-order valence-corrected chi connectivity index (χ3v) is 7.63. The SMILES string of the molecule is Br.CCCCCCCCCCN1C=CN(C(Cl)C(OCc2ccc(Cl)cc2Cl)c2ccc(Cl)cc2)C1. The third kappa shape index (κ3) is 10.3. The molecular formula is C28H37BrCl4N2O. The summed E-state index contributed by atoms with van der Waals surface area (Å²) in [6, 6.07) is 13.1. The summed E-state index contributed by atoms with van der Waals surface area (Å²) in [6.07, 6.45) is 14.4. The molecule has 2 aromatic carbocycles. The number of ether oxygens (including phenoxy) is 1. The van der Waals surface area contributed by atoms with Crippen molar-refractivity contribution in [3.63, 3.8) is 0 Å². The zero-order valence-corrected chi connectivity index (χ0v) is 25.6. The average molecular weight is 639 g/mol. The molecule has 2 unspecified atom stereocenters. The van der Waals surface area contributed by atoms with E-state index < -0.39 is 0 Å². The van der Waals surface area contributed by atoms with Gasteiger partial charge in [-0.2, -0.15) is 0 Å². The second kappa shape index (κ2) is 17.1. The zero-order chi connectivity index (χ0) is 25.0. The van der Waals surface area contributed by atoms with E-state index in [0.29, 0.717) is 21.7 Å². The first-order chi connectivity index (χ1) is 17.0.